The molecule has 0 aromatic carbocycles. The largest absolute Gasteiger partial charge is 0.336 e. The van der Waals surface area contributed by atoms with Crippen molar-refractivity contribution in [1.29, 1.82) is 0 Å². The molecule has 0 saturated heterocycles. The molecule has 0 fully saturated rings. The Hall–Kier alpha value is -1.44. The first-order valence-electron chi connectivity index (χ1n) is 5.36. The van der Waals surface area contributed by atoms with E-state index in [2.05, 4.69) is 15.3 Å². The van der Waals surface area contributed by atoms with Gasteiger partial charge in [0.1, 0.15) is 0 Å². The fourth-order valence-electron chi connectivity index (χ4n) is 1.49. The first-order chi connectivity index (χ1) is 8.28. The van der Waals surface area contributed by atoms with Crippen LogP contribution < -0.4 is 15.9 Å². The summed E-state index contributed by atoms with van der Waals surface area (Å²) in [4.78, 5) is 17.9. The fourth-order valence-corrected chi connectivity index (χ4v) is 2.08. The Morgan fingerprint density at radius 1 is 1.53 bits per heavy atom. The van der Waals surface area contributed by atoms with E-state index in [1.54, 1.807) is 6.33 Å². The number of H-pyrrole nitrogens is 1. The number of imidazole rings is 1. The van der Waals surface area contributed by atoms with Gasteiger partial charge in [0.15, 0.2) is 0 Å². The topological polar surface area (TPSA) is 88.7 Å². The van der Waals surface area contributed by atoms with Crippen LogP contribution >= 0.6 is 11.3 Å². The molecule has 0 aliphatic carbocycles. The van der Waals surface area contributed by atoms with Crippen molar-refractivity contribution in [3.8, 4) is 0 Å². The van der Waals surface area contributed by atoms with E-state index in [4.69, 9.17) is 5.73 Å². The number of thiazole rings is 1. The van der Waals surface area contributed by atoms with Crippen LogP contribution in [0, 0.1) is 0 Å². The van der Waals surface area contributed by atoms with Crippen LogP contribution in [-0.2, 0) is 19.6 Å². The van der Waals surface area contributed by atoms with Gasteiger partial charge >= 0.3 is 4.87 Å². The molecule has 0 spiro atoms. The Bertz CT molecular complexity index is 514. The normalized spacial score (nSPS) is 10.9. The number of nitrogens with one attached hydrogen (secondary N) is 2. The second kappa shape index (κ2) is 5.76. The monoisotopic (exact) mass is 253 g/mol. The number of nitrogens with zero attached hydrogens (tertiary/aromatic N) is 2. The molecule has 0 radical (unpaired) electrons. The van der Waals surface area contributed by atoms with Crippen molar-refractivity contribution in [2.24, 2.45) is 5.73 Å². The molecule has 92 valence electrons. The molecule has 4 N–H and O–H groups in total. The lowest BCUT2D eigenvalue weighted by Crippen LogP contribution is -2.14. The summed E-state index contributed by atoms with van der Waals surface area (Å²) in [6.45, 7) is 2.71. The van der Waals surface area contributed by atoms with Crippen molar-refractivity contribution < 1.29 is 0 Å². The molecular formula is C10H15N5OS. The molecule has 7 heteroatoms. The molecule has 2 aromatic rings. The summed E-state index contributed by atoms with van der Waals surface area (Å²) in [5.74, 6) is 0. The highest BCUT2D eigenvalue weighted by Gasteiger charge is 1.99. The minimum Gasteiger partial charge on any atom is -0.336 e. The van der Waals surface area contributed by atoms with Gasteiger partial charge < -0.3 is 20.6 Å². The molecule has 2 rings (SSSR count). The Balaban J connectivity index is 1.79. The number of rotatable bonds is 6. The zero-order valence-corrected chi connectivity index (χ0v) is 10.2. The van der Waals surface area contributed by atoms with Crippen molar-refractivity contribution in [3.63, 3.8) is 0 Å². The van der Waals surface area contributed by atoms with Crippen LogP contribution in [0.4, 0.5) is 0 Å². The van der Waals surface area contributed by atoms with Gasteiger partial charge in [-0.05, 0) is 0 Å². The van der Waals surface area contributed by atoms with Gasteiger partial charge in [-0.15, -0.1) is 0 Å². The van der Waals surface area contributed by atoms with E-state index < -0.39 is 0 Å². The molecular weight excluding hydrogens is 238 g/mol. The maximum Gasteiger partial charge on any atom is 0.304 e. The number of hydrogen-bond donors (Lipinski definition) is 3. The standard InChI is InChI=1S/C10H15N5OS/c11-1-2-15-5-8(13-7-15)3-12-4-9-6-17-10(16)14-9/h5-7,12H,1-4,11H2,(H,14,16). The average molecular weight is 253 g/mol. The smallest absolute Gasteiger partial charge is 0.304 e. The zero-order chi connectivity index (χ0) is 12.1. The molecule has 0 amide bonds. The molecule has 0 atom stereocenters. The molecule has 0 saturated carbocycles. The van der Waals surface area contributed by atoms with E-state index in [1.165, 1.54) is 11.3 Å². The lowest BCUT2D eigenvalue weighted by molar-refractivity contribution is 0.668. The Morgan fingerprint density at radius 2 is 2.41 bits per heavy atom. The second-order valence-electron chi connectivity index (χ2n) is 3.67. The Morgan fingerprint density at radius 3 is 3.12 bits per heavy atom. The van der Waals surface area contributed by atoms with Crippen LogP contribution in [0.5, 0.6) is 0 Å². The summed E-state index contributed by atoms with van der Waals surface area (Å²) in [6.07, 6.45) is 3.74. The molecule has 0 aliphatic heterocycles. The third kappa shape index (κ3) is 3.52. The van der Waals surface area contributed by atoms with Crippen molar-refractivity contribution >= 4 is 11.3 Å². The number of nitrogens with two attached hydrogens (primary N) is 1. The number of aromatic nitrogens is 3. The van der Waals surface area contributed by atoms with Crippen molar-refractivity contribution in [2.45, 2.75) is 19.6 Å². The summed E-state index contributed by atoms with van der Waals surface area (Å²) in [5, 5.41) is 5.04. The summed E-state index contributed by atoms with van der Waals surface area (Å²) in [6, 6.07) is 0. The highest BCUT2D eigenvalue weighted by Crippen LogP contribution is 1.98. The van der Waals surface area contributed by atoms with Gasteiger partial charge in [-0.3, -0.25) is 4.79 Å². The van der Waals surface area contributed by atoms with Crippen molar-refractivity contribution in [1.82, 2.24) is 19.9 Å². The first-order valence-corrected chi connectivity index (χ1v) is 6.24. The van der Waals surface area contributed by atoms with Gasteiger partial charge in [0.05, 0.1) is 12.0 Å². The van der Waals surface area contributed by atoms with Gasteiger partial charge in [0.2, 0.25) is 0 Å². The third-order valence-electron chi connectivity index (χ3n) is 2.27. The zero-order valence-electron chi connectivity index (χ0n) is 9.35. The SMILES string of the molecule is NCCn1cnc(CNCc2csc(=O)[nH]2)c1. The van der Waals surface area contributed by atoms with E-state index in [1.807, 2.05) is 16.1 Å². The summed E-state index contributed by atoms with van der Waals surface area (Å²) in [5.41, 5.74) is 7.32. The van der Waals surface area contributed by atoms with Crippen LogP contribution in [0.3, 0.4) is 0 Å². The van der Waals surface area contributed by atoms with Gasteiger partial charge in [0, 0.05) is 43.4 Å². The highest BCUT2D eigenvalue weighted by molar-refractivity contribution is 7.07. The van der Waals surface area contributed by atoms with Crippen LogP contribution in [-0.4, -0.2) is 21.1 Å². The molecule has 2 aromatic heterocycles. The molecule has 0 aliphatic rings. The minimum absolute atomic E-state index is 0.0194. The van der Waals surface area contributed by atoms with E-state index in [0.29, 0.717) is 19.6 Å². The highest BCUT2D eigenvalue weighted by atomic mass is 32.1. The van der Waals surface area contributed by atoms with Crippen LogP contribution in [0.25, 0.3) is 0 Å². The van der Waals surface area contributed by atoms with Gasteiger partial charge in [-0.2, -0.15) is 0 Å². The first kappa shape index (κ1) is 12.0. The van der Waals surface area contributed by atoms with Gasteiger partial charge in [0.25, 0.3) is 0 Å². The second-order valence-corrected chi connectivity index (χ2v) is 4.51. The molecule has 0 bridgehead atoms. The van der Waals surface area contributed by atoms with E-state index in [-0.39, 0.29) is 4.87 Å². The lowest BCUT2D eigenvalue weighted by atomic mass is 10.4. The lowest BCUT2D eigenvalue weighted by Gasteiger charge is -1.99. The average Bonchev–Trinajstić information content (AvgIpc) is 2.89. The Labute approximate surface area is 102 Å². The van der Waals surface area contributed by atoms with Crippen molar-refractivity contribution in [3.05, 3.63) is 39.0 Å². The summed E-state index contributed by atoms with van der Waals surface area (Å²) >= 11 is 1.18. The predicted molar refractivity (Wildman–Crippen MR) is 66.8 cm³/mol. The maximum absolute atomic E-state index is 10.9. The Kier molecular flexibility index (Phi) is 4.08. The maximum atomic E-state index is 10.9. The molecule has 17 heavy (non-hydrogen) atoms. The number of aromatic amines is 1. The van der Waals surface area contributed by atoms with Crippen LogP contribution in [0.2, 0.25) is 0 Å². The van der Waals surface area contributed by atoms with Crippen molar-refractivity contribution in [2.75, 3.05) is 6.54 Å². The van der Waals surface area contributed by atoms with Gasteiger partial charge in [-0.25, -0.2) is 4.98 Å². The molecule has 0 unspecified atom stereocenters. The van der Waals surface area contributed by atoms with E-state index >= 15 is 0 Å². The van der Waals surface area contributed by atoms with Crippen LogP contribution in [0.15, 0.2) is 22.7 Å². The molecule has 6 nitrogen and oxygen atoms in total. The van der Waals surface area contributed by atoms with E-state index in [9.17, 15) is 4.79 Å². The number of hydrogen-bond acceptors (Lipinski definition) is 5. The summed E-state index contributed by atoms with van der Waals surface area (Å²) < 4.78 is 1.96. The predicted octanol–water partition coefficient (Wildman–Crippen LogP) is -0.119. The van der Waals surface area contributed by atoms with Crippen LogP contribution in [0.1, 0.15) is 11.4 Å². The van der Waals surface area contributed by atoms with Gasteiger partial charge in [-0.1, -0.05) is 11.3 Å². The minimum atomic E-state index is -0.0194. The molecule has 2 heterocycles. The fraction of sp³-hybridized carbons (Fsp3) is 0.400. The van der Waals surface area contributed by atoms with E-state index in [0.717, 1.165) is 17.9 Å². The quantitative estimate of drug-likeness (QED) is 0.669. The third-order valence-corrected chi connectivity index (χ3v) is 2.98. The summed E-state index contributed by atoms with van der Waals surface area (Å²) in [7, 11) is 0.